The number of benzene rings is 2. The van der Waals surface area contributed by atoms with E-state index in [1.807, 2.05) is 48.5 Å². The molecule has 2 aromatic carbocycles. The highest BCUT2D eigenvalue weighted by atomic mass is 32.1. The van der Waals surface area contributed by atoms with Crippen molar-refractivity contribution in [2.75, 3.05) is 13.1 Å². The molecular weight excluding hydrogens is 400 g/mol. The Morgan fingerprint density at radius 1 is 0.552 bits per heavy atom. The van der Waals surface area contributed by atoms with Gasteiger partial charge in [0.15, 0.2) is 0 Å². The highest BCUT2D eigenvalue weighted by molar-refractivity contribution is 7.81. The monoisotopic (exact) mass is 422 g/mol. The fraction of sp³-hybridized carbons (Fsp3) is 0.304. The number of carbonyl (C=O) groups excluding carboxylic acids is 2. The van der Waals surface area contributed by atoms with Crippen molar-refractivity contribution < 1.29 is 9.59 Å². The molecule has 0 N–H and O–H groups in total. The Morgan fingerprint density at radius 3 is 1.28 bits per heavy atom. The van der Waals surface area contributed by atoms with Gasteiger partial charge in [-0.25, -0.2) is 0 Å². The van der Waals surface area contributed by atoms with E-state index < -0.39 is 0 Å². The van der Waals surface area contributed by atoms with Crippen molar-refractivity contribution in [1.82, 2.24) is 9.80 Å². The Bertz CT molecular complexity index is 852. The summed E-state index contributed by atoms with van der Waals surface area (Å²) in [6.45, 7) is 1.33. The average Bonchev–Trinajstić information content (AvgIpc) is 3.13. The minimum atomic E-state index is 0.0197. The number of hydrogen-bond acceptors (Lipinski definition) is 4. The molecule has 148 valence electrons. The predicted octanol–water partition coefficient (Wildman–Crippen LogP) is 4.60. The van der Waals surface area contributed by atoms with Gasteiger partial charge < -0.3 is 0 Å². The normalized spacial score (nSPS) is 15.3. The van der Waals surface area contributed by atoms with Gasteiger partial charge in [-0.05, 0) is 25.0 Å². The Kier molecular flexibility index (Phi) is 5.83. The molecule has 2 aliphatic heterocycles. The van der Waals surface area contributed by atoms with E-state index in [9.17, 15) is 9.59 Å². The second kappa shape index (κ2) is 8.51. The van der Waals surface area contributed by atoms with E-state index >= 15 is 0 Å². The molecule has 0 fully saturated rings. The molecule has 6 heteroatoms. The lowest BCUT2D eigenvalue weighted by molar-refractivity contribution is 0.0854. The van der Waals surface area contributed by atoms with Crippen molar-refractivity contribution >= 4 is 46.2 Å². The third-order valence-corrected chi connectivity index (χ3v) is 6.40. The molecule has 4 rings (SSSR count). The van der Waals surface area contributed by atoms with Crippen LogP contribution in [0, 0.1) is 0 Å². The maximum absolute atomic E-state index is 12.5. The van der Waals surface area contributed by atoms with Gasteiger partial charge in [0.05, 0.1) is 11.1 Å². The molecule has 29 heavy (non-hydrogen) atoms. The van der Waals surface area contributed by atoms with Gasteiger partial charge in [0.25, 0.3) is 11.8 Å². The third kappa shape index (κ3) is 3.74. The van der Waals surface area contributed by atoms with Crippen LogP contribution in [0.5, 0.6) is 0 Å². The SMILES string of the molecule is O=C1c2ccccc2C(=S)N1CCCCCCCN1C(=O)c2ccccc2C1=S. The highest BCUT2D eigenvalue weighted by Gasteiger charge is 2.32. The first-order valence-corrected chi connectivity index (χ1v) is 10.8. The van der Waals surface area contributed by atoms with Gasteiger partial charge in [-0.2, -0.15) is 0 Å². The van der Waals surface area contributed by atoms with Gasteiger partial charge in [0, 0.05) is 24.2 Å². The molecule has 2 aromatic rings. The summed E-state index contributed by atoms with van der Waals surface area (Å²) in [6.07, 6.45) is 4.96. The molecule has 2 heterocycles. The molecule has 0 spiro atoms. The number of unbranched alkanes of at least 4 members (excludes halogenated alkanes) is 4. The van der Waals surface area contributed by atoms with Crippen LogP contribution in [0.25, 0.3) is 0 Å². The lowest BCUT2D eigenvalue weighted by atomic mass is 10.1. The third-order valence-electron chi connectivity index (χ3n) is 5.52. The van der Waals surface area contributed by atoms with E-state index in [1.165, 1.54) is 0 Å². The number of carbonyl (C=O) groups is 2. The number of amides is 2. The van der Waals surface area contributed by atoms with Crippen LogP contribution in [0.3, 0.4) is 0 Å². The van der Waals surface area contributed by atoms with Crippen molar-refractivity contribution in [3.63, 3.8) is 0 Å². The maximum Gasteiger partial charge on any atom is 0.259 e. The van der Waals surface area contributed by atoms with Crippen LogP contribution in [0.15, 0.2) is 48.5 Å². The Hall–Kier alpha value is -2.44. The van der Waals surface area contributed by atoms with E-state index in [0.29, 0.717) is 34.2 Å². The van der Waals surface area contributed by atoms with Crippen molar-refractivity contribution in [3.8, 4) is 0 Å². The maximum atomic E-state index is 12.5. The highest BCUT2D eigenvalue weighted by Crippen LogP contribution is 2.25. The average molecular weight is 423 g/mol. The number of rotatable bonds is 8. The van der Waals surface area contributed by atoms with Gasteiger partial charge in [-0.1, -0.05) is 80.1 Å². The van der Waals surface area contributed by atoms with Gasteiger partial charge in [0.1, 0.15) is 9.98 Å². The minimum absolute atomic E-state index is 0.0197. The van der Waals surface area contributed by atoms with E-state index in [1.54, 1.807) is 9.80 Å². The molecule has 0 saturated carbocycles. The Labute approximate surface area is 181 Å². The van der Waals surface area contributed by atoms with Gasteiger partial charge in [0.2, 0.25) is 0 Å². The molecule has 0 atom stereocenters. The van der Waals surface area contributed by atoms with Crippen molar-refractivity contribution in [1.29, 1.82) is 0 Å². The number of hydrogen-bond donors (Lipinski definition) is 0. The van der Waals surface area contributed by atoms with Crippen molar-refractivity contribution in [2.45, 2.75) is 32.1 Å². The molecule has 2 amide bonds. The predicted molar refractivity (Wildman–Crippen MR) is 121 cm³/mol. The fourth-order valence-electron chi connectivity index (χ4n) is 3.95. The second-order valence-electron chi connectivity index (χ2n) is 7.38. The van der Waals surface area contributed by atoms with Crippen molar-refractivity contribution in [3.05, 3.63) is 70.8 Å². The summed E-state index contributed by atoms with van der Waals surface area (Å²) in [4.78, 5) is 29.7. The summed E-state index contributed by atoms with van der Waals surface area (Å²) >= 11 is 10.9. The summed E-state index contributed by atoms with van der Waals surface area (Å²) in [5.41, 5.74) is 3.17. The number of nitrogens with zero attached hydrogens (tertiary/aromatic N) is 2. The van der Waals surface area contributed by atoms with Gasteiger partial charge in [-0.3, -0.25) is 19.4 Å². The van der Waals surface area contributed by atoms with E-state index in [2.05, 4.69) is 0 Å². The molecule has 0 aliphatic carbocycles. The molecule has 0 radical (unpaired) electrons. The molecule has 0 saturated heterocycles. The molecule has 0 unspecified atom stereocenters. The van der Waals surface area contributed by atoms with Gasteiger partial charge >= 0.3 is 0 Å². The molecule has 4 nitrogen and oxygen atoms in total. The zero-order valence-corrected chi connectivity index (χ0v) is 17.7. The minimum Gasteiger partial charge on any atom is -0.298 e. The molecule has 0 bridgehead atoms. The zero-order valence-electron chi connectivity index (χ0n) is 16.1. The summed E-state index contributed by atoms with van der Waals surface area (Å²) < 4.78 is 0. The Morgan fingerprint density at radius 2 is 0.897 bits per heavy atom. The summed E-state index contributed by atoms with van der Waals surface area (Å²) in [6, 6.07) is 15.1. The zero-order chi connectivity index (χ0) is 20.4. The topological polar surface area (TPSA) is 40.6 Å². The van der Waals surface area contributed by atoms with Gasteiger partial charge in [-0.15, -0.1) is 0 Å². The lowest BCUT2D eigenvalue weighted by Crippen LogP contribution is -2.30. The molecule has 2 aliphatic rings. The Balaban J connectivity index is 1.17. The first-order chi connectivity index (χ1) is 14.1. The van der Waals surface area contributed by atoms with Crippen LogP contribution >= 0.6 is 24.4 Å². The first-order valence-electron chi connectivity index (χ1n) is 10.00. The van der Waals surface area contributed by atoms with Crippen LogP contribution in [0.1, 0.15) is 63.9 Å². The second-order valence-corrected chi connectivity index (χ2v) is 8.16. The molecular formula is C23H22N2O2S2. The van der Waals surface area contributed by atoms with E-state index in [4.69, 9.17) is 24.4 Å². The van der Waals surface area contributed by atoms with Crippen LogP contribution in [0.4, 0.5) is 0 Å². The summed E-state index contributed by atoms with van der Waals surface area (Å²) in [5.74, 6) is 0.0393. The van der Waals surface area contributed by atoms with Crippen LogP contribution in [-0.2, 0) is 0 Å². The number of thiocarbonyl (C=S) groups is 2. The molecule has 0 aromatic heterocycles. The largest absolute Gasteiger partial charge is 0.298 e. The van der Waals surface area contributed by atoms with Crippen molar-refractivity contribution in [2.24, 2.45) is 0 Å². The van der Waals surface area contributed by atoms with Crippen LogP contribution < -0.4 is 0 Å². The standard InChI is InChI=1S/C23H22N2O2S2/c26-20-16-10-4-6-12-18(16)22(28)24(20)14-8-2-1-3-9-15-25-21(27)17-11-5-7-13-19(17)23(25)29/h4-7,10-13H,1-3,8-9,14-15H2. The van der Waals surface area contributed by atoms with E-state index in [0.717, 1.165) is 43.2 Å². The summed E-state index contributed by atoms with van der Waals surface area (Å²) in [5, 5.41) is 0. The lowest BCUT2D eigenvalue weighted by Gasteiger charge is -2.17. The fourth-order valence-corrected chi connectivity index (χ4v) is 4.66. The smallest absolute Gasteiger partial charge is 0.259 e. The number of fused-ring (bicyclic) bond motifs is 2. The van der Waals surface area contributed by atoms with Crippen LogP contribution in [-0.4, -0.2) is 44.7 Å². The summed E-state index contributed by atoms with van der Waals surface area (Å²) in [7, 11) is 0. The first kappa shape index (κ1) is 19.9. The van der Waals surface area contributed by atoms with Crippen LogP contribution in [0.2, 0.25) is 0 Å². The quantitative estimate of drug-likeness (QED) is 0.460. The van der Waals surface area contributed by atoms with E-state index in [-0.39, 0.29) is 11.8 Å².